The van der Waals surface area contributed by atoms with E-state index < -0.39 is 5.97 Å². The summed E-state index contributed by atoms with van der Waals surface area (Å²) >= 11 is 0. The van der Waals surface area contributed by atoms with Crippen molar-refractivity contribution in [3.63, 3.8) is 0 Å². The van der Waals surface area contributed by atoms with Gasteiger partial charge in [-0.3, -0.25) is 4.79 Å². The SMILES string of the molecule is CC1CC1(C(=O)O)C1CCN(C)CC1. The molecule has 14 heavy (non-hydrogen) atoms. The lowest BCUT2D eigenvalue weighted by molar-refractivity contribution is -0.147. The van der Waals surface area contributed by atoms with Crippen LogP contribution in [0.3, 0.4) is 0 Å². The topological polar surface area (TPSA) is 40.5 Å². The number of nitrogens with zero attached hydrogens (tertiary/aromatic N) is 1. The zero-order chi connectivity index (χ0) is 10.3. The molecule has 2 fully saturated rings. The Morgan fingerprint density at radius 3 is 2.29 bits per heavy atom. The van der Waals surface area contributed by atoms with E-state index in [-0.39, 0.29) is 5.41 Å². The molecule has 80 valence electrons. The van der Waals surface area contributed by atoms with E-state index in [2.05, 4.69) is 18.9 Å². The van der Waals surface area contributed by atoms with E-state index in [1.54, 1.807) is 0 Å². The molecule has 2 atom stereocenters. The summed E-state index contributed by atoms with van der Waals surface area (Å²) in [6.07, 6.45) is 3.02. The Bertz CT molecular complexity index is 246. The molecule has 3 heteroatoms. The zero-order valence-corrected chi connectivity index (χ0v) is 8.99. The Morgan fingerprint density at radius 2 is 1.93 bits per heavy atom. The summed E-state index contributed by atoms with van der Waals surface area (Å²) < 4.78 is 0. The Kier molecular flexibility index (Phi) is 2.30. The number of likely N-dealkylation sites (tertiary alicyclic amines) is 1. The number of rotatable bonds is 2. The normalized spacial score (nSPS) is 39.7. The quantitative estimate of drug-likeness (QED) is 0.728. The first-order valence-corrected chi connectivity index (χ1v) is 5.49. The molecule has 2 rings (SSSR count). The molecule has 1 aliphatic heterocycles. The molecule has 1 aliphatic carbocycles. The second-order valence-corrected chi connectivity index (χ2v) is 5.03. The van der Waals surface area contributed by atoms with Crippen LogP contribution in [0.25, 0.3) is 0 Å². The molecule has 1 N–H and O–H groups in total. The van der Waals surface area contributed by atoms with E-state index in [1.165, 1.54) is 0 Å². The van der Waals surface area contributed by atoms with Gasteiger partial charge in [0, 0.05) is 0 Å². The minimum Gasteiger partial charge on any atom is -0.481 e. The molecule has 0 aromatic carbocycles. The molecule has 2 unspecified atom stereocenters. The van der Waals surface area contributed by atoms with Crippen molar-refractivity contribution >= 4 is 5.97 Å². The summed E-state index contributed by atoms with van der Waals surface area (Å²) in [6, 6.07) is 0. The van der Waals surface area contributed by atoms with E-state index in [0.29, 0.717) is 11.8 Å². The Balaban J connectivity index is 2.04. The number of carboxylic acid groups (broad SMARTS) is 1. The fourth-order valence-corrected chi connectivity index (χ4v) is 3.01. The van der Waals surface area contributed by atoms with Crippen LogP contribution in [0.1, 0.15) is 26.2 Å². The fourth-order valence-electron chi connectivity index (χ4n) is 3.01. The highest BCUT2D eigenvalue weighted by molar-refractivity contribution is 5.79. The van der Waals surface area contributed by atoms with Crippen molar-refractivity contribution in [2.24, 2.45) is 17.3 Å². The van der Waals surface area contributed by atoms with E-state index in [1.807, 2.05) is 0 Å². The van der Waals surface area contributed by atoms with Crippen LogP contribution < -0.4 is 0 Å². The van der Waals surface area contributed by atoms with Gasteiger partial charge in [-0.25, -0.2) is 0 Å². The first-order chi connectivity index (χ1) is 6.57. The number of carboxylic acids is 1. The molecular weight excluding hydrogens is 178 g/mol. The minimum absolute atomic E-state index is 0.346. The Labute approximate surface area is 85.1 Å². The standard InChI is InChI=1S/C11H19NO2/c1-8-7-11(8,10(13)14)9-3-5-12(2)6-4-9/h8-9H,3-7H2,1-2H3,(H,13,14). The highest BCUT2D eigenvalue weighted by Crippen LogP contribution is 2.60. The van der Waals surface area contributed by atoms with Crippen LogP contribution in [-0.2, 0) is 4.79 Å². The van der Waals surface area contributed by atoms with Gasteiger partial charge in [-0.05, 0) is 51.2 Å². The number of piperidine rings is 1. The van der Waals surface area contributed by atoms with Crippen LogP contribution in [0.2, 0.25) is 0 Å². The van der Waals surface area contributed by atoms with Crippen molar-refractivity contribution in [2.75, 3.05) is 20.1 Å². The van der Waals surface area contributed by atoms with Gasteiger partial charge < -0.3 is 10.0 Å². The van der Waals surface area contributed by atoms with Gasteiger partial charge in [0.05, 0.1) is 5.41 Å². The maximum atomic E-state index is 11.3. The first kappa shape index (κ1) is 9.97. The largest absolute Gasteiger partial charge is 0.481 e. The lowest BCUT2D eigenvalue weighted by Gasteiger charge is -2.33. The molecule has 0 amide bonds. The Morgan fingerprint density at radius 1 is 1.43 bits per heavy atom. The van der Waals surface area contributed by atoms with Crippen molar-refractivity contribution < 1.29 is 9.90 Å². The molecule has 1 saturated carbocycles. The van der Waals surface area contributed by atoms with Gasteiger partial charge in [0.1, 0.15) is 0 Å². The van der Waals surface area contributed by atoms with E-state index >= 15 is 0 Å². The van der Waals surface area contributed by atoms with Crippen LogP contribution in [0, 0.1) is 17.3 Å². The van der Waals surface area contributed by atoms with Gasteiger partial charge >= 0.3 is 5.97 Å². The van der Waals surface area contributed by atoms with Crippen LogP contribution in [0.4, 0.5) is 0 Å². The van der Waals surface area contributed by atoms with Gasteiger partial charge in [-0.15, -0.1) is 0 Å². The van der Waals surface area contributed by atoms with Gasteiger partial charge in [0.25, 0.3) is 0 Å². The maximum Gasteiger partial charge on any atom is 0.310 e. The molecule has 0 radical (unpaired) electrons. The lowest BCUT2D eigenvalue weighted by atomic mass is 9.80. The van der Waals surface area contributed by atoms with Gasteiger partial charge in [-0.2, -0.15) is 0 Å². The average Bonchev–Trinajstić information content (AvgIpc) is 2.80. The minimum atomic E-state index is -0.556. The van der Waals surface area contributed by atoms with Crippen LogP contribution in [0.15, 0.2) is 0 Å². The molecule has 0 aromatic heterocycles. The first-order valence-electron chi connectivity index (χ1n) is 5.49. The van der Waals surface area contributed by atoms with E-state index in [0.717, 1.165) is 32.4 Å². The molecule has 3 nitrogen and oxygen atoms in total. The number of carbonyl (C=O) groups is 1. The third kappa shape index (κ3) is 1.34. The van der Waals surface area contributed by atoms with Crippen molar-refractivity contribution in [1.29, 1.82) is 0 Å². The molecule has 1 saturated heterocycles. The lowest BCUT2D eigenvalue weighted by Crippen LogP contribution is -2.37. The molecule has 0 aromatic rings. The highest BCUT2D eigenvalue weighted by atomic mass is 16.4. The summed E-state index contributed by atoms with van der Waals surface area (Å²) in [5, 5.41) is 9.28. The predicted molar refractivity (Wildman–Crippen MR) is 54.1 cm³/mol. The van der Waals surface area contributed by atoms with E-state index in [4.69, 9.17) is 0 Å². The van der Waals surface area contributed by atoms with Gasteiger partial charge in [-0.1, -0.05) is 6.92 Å². The third-order valence-corrected chi connectivity index (χ3v) is 4.21. The maximum absolute atomic E-state index is 11.3. The summed E-state index contributed by atoms with van der Waals surface area (Å²) in [5.41, 5.74) is -0.346. The second kappa shape index (κ2) is 3.23. The molecule has 2 aliphatic rings. The van der Waals surface area contributed by atoms with Crippen LogP contribution in [-0.4, -0.2) is 36.1 Å². The van der Waals surface area contributed by atoms with Crippen molar-refractivity contribution in [3.8, 4) is 0 Å². The van der Waals surface area contributed by atoms with Crippen LogP contribution >= 0.6 is 0 Å². The average molecular weight is 197 g/mol. The Hall–Kier alpha value is -0.570. The molecular formula is C11H19NO2. The molecule has 0 spiro atoms. The summed E-state index contributed by atoms with van der Waals surface area (Å²) in [5.74, 6) is 0.263. The zero-order valence-electron chi connectivity index (χ0n) is 8.99. The van der Waals surface area contributed by atoms with Gasteiger partial charge in [0.15, 0.2) is 0 Å². The number of hydrogen-bond acceptors (Lipinski definition) is 2. The molecule has 0 bridgehead atoms. The van der Waals surface area contributed by atoms with Crippen molar-refractivity contribution in [2.45, 2.75) is 26.2 Å². The summed E-state index contributed by atoms with van der Waals surface area (Å²) in [4.78, 5) is 13.6. The monoisotopic (exact) mass is 197 g/mol. The van der Waals surface area contributed by atoms with Crippen LogP contribution in [0.5, 0.6) is 0 Å². The number of aliphatic carboxylic acids is 1. The van der Waals surface area contributed by atoms with Crippen molar-refractivity contribution in [3.05, 3.63) is 0 Å². The summed E-state index contributed by atoms with van der Waals surface area (Å²) in [6.45, 7) is 4.20. The molecule has 1 heterocycles. The highest BCUT2D eigenvalue weighted by Gasteiger charge is 2.62. The predicted octanol–water partition coefficient (Wildman–Crippen LogP) is 1.44. The number of hydrogen-bond donors (Lipinski definition) is 1. The fraction of sp³-hybridized carbons (Fsp3) is 0.909. The second-order valence-electron chi connectivity index (χ2n) is 5.03. The third-order valence-electron chi connectivity index (χ3n) is 4.21. The smallest absolute Gasteiger partial charge is 0.310 e. The van der Waals surface area contributed by atoms with Crippen molar-refractivity contribution in [1.82, 2.24) is 4.90 Å². The van der Waals surface area contributed by atoms with E-state index in [9.17, 15) is 9.90 Å². The van der Waals surface area contributed by atoms with Gasteiger partial charge in [0.2, 0.25) is 0 Å². The summed E-state index contributed by atoms with van der Waals surface area (Å²) in [7, 11) is 2.11.